The summed E-state index contributed by atoms with van der Waals surface area (Å²) >= 11 is 0. The van der Waals surface area contributed by atoms with Gasteiger partial charge in [0.15, 0.2) is 9.84 Å². The highest BCUT2D eigenvalue weighted by molar-refractivity contribution is 7.91. The lowest BCUT2D eigenvalue weighted by atomic mass is 10.0. The number of rotatable bonds is 3. The van der Waals surface area contributed by atoms with Crippen LogP contribution >= 0.6 is 0 Å². The molecular formula is C14H21NO2S. The summed E-state index contributed by atoms with van der Waals surface area (Å²) in [5, 5.41) is 2.78. The molecule has 100 valence electrons. The highest BCUT2D eigenvalue weighted by Gasteiger charge is 2.29. The molecule has 3 nitrogen and oxygen atoms in total. The molecule has 0 spiro atoms. The zero-order valence-electron chi connectivity index (χ0n) is 11.0. The molecule has 1 fully saturated rings. The first-order chi connectivity index (χ1) is 8.49. The molecule has 1 aromatic rings. The van der Waals surface area contributed by atoms with Crippen LogP contribution in [0.3, 0.4) is 0 Å². The SMILES string of the molecule is CC(C)Cc1ccc(C2CNCCS2(=O)=O)cc1. The van der Waals surface area contributed by atoms with Crippen molar-refractivity contribution in [2.24, 2.45) is 5.92 Å². The summed E-state index contributed by atoms with van der Waals surface area (Å²) in [6.07, 6.45) is 1.04. The van der Waals surface area contributed by atoms with Crippen LogP contribution in [0, 0.1) is 5.92 Å². The Bertz CT molecular complexity index is 491. The van der Waals surface area contributed by atoms with Crippen LogP contribution in [-0.4, -0.2) is 27.3 Å². The van der Waals surface area contributed by atoms with Gasteiger partial charge in [0.2, 0.25) is 0 Å². The fourth-order valence-corrected chi connectivity index (χ4v) is 4.04. The standard InChI is InChI=1S/C14H21NO2S/c1-11(2)9-12-3-5-13(6-4-12)14-10-15-7-8-18(14,16)17/h3-6,11,14-15H,7-10H2,1-2H3. The molecule has 1 unspecified atom stereocenters. The molecule has 1 N–H and O–H groups in total. The predicted octanol–water partition coefficient (Wildman–Crippen LogP) is 1.94. The van der Waals surface area contributed by atoms with Gasteiger partial charge >= 0.3 is 0 Å². The largest absolute Gasteiger partial charge is 0.314 e. The molecule has 4 heteroatoms. The average Bonchev–Trinajstić information content (AvgIpc) is 2.29. The monoisotopic (exact) mass is 267 g/mol. The van der Waals surface area contributed by atoms with E-state index in [2.05, 4.69) is 31.3 Å². The minimum Gasteiger partial charge on any atom is -0.314 e. The highest BCUT2D eigenvalue weighted by atomic mass is 32.2. The molecule has 0 aliphatic carbocycles. The third kappa shape index (κ3) is 3.12. The van der Waals surface area contributed by atoms with E-state index in [1.807, 2.05) is 12.1 Å². The summed E-state index contributed by atoms with van der Waals surface area (Å²) in [6, 6.07) is 8.04. The van der Waals surface area contributed by atoms with E-state index in [0.29, 0.717) is 19.0 Å². The normalized spacial score (nSPS) is 23.2. The Morgan fingerprint density at radius 3 is 2.50 bits per heavy atom. The molecule has 1 aliphatic rings. The third-order valence-electron chi connectivity index (χ3n) is 3.32. The van der Waals surface area contributed by atoms with Gasteiger partial charge in [0.1, 0.15) is 0 Å². The Morgan fingerprint density at radius 1 is 1.28 bits per heavy atom. The fraction of sp³-hybridized carbons (Fsp3) is 0.571. The second kappa shape index (κ2) is 5.41. The Labute approximate surface area is 110 Å². The van der Waals surface area contributed by atoms with Crippen LogP contribution in [0.2, 0.25) is 0 Å². The summed E-state index contributed by atoms with van der Waals surface area (Å²) in [7, 11) is -2.98. The van der Waals surface area contributed by atoms with E-state index >= 15 is 0 Å². The molecule has 1 atom stereocenters. The first kappa shape index (κ1) is 13.6. The van der Waals surface area contributed by atoms with E-state index < -0.39 is 9.84 Å². The van der Waals surface area contributed by atoms with E-state index in [1.165, 1.54) is 5.56 Å². The number of sulfone groups is 1. The maximum Gasteiger partial charge on any atom is 0.159 e. The van der Waals surface area contributed by atoms with Crippen molar-refractivity contribution in [1.29, 1.82) is 0 Å². The maximum atomic E-state index is 12.0. The molecule has 1 aromatic carbocycles. The van der Waals surface area contributed by atoms with Gasteiger partial charge in [-0.15, -0.1) is 0 Å². The van der Waals surface area contributed by atoms with E-state index in [-0.39, 0.29) is 11.0 Å². The topological polar surface area (TPSA) is 46.2 Å². The average molecular weight is 267 g/mol. The Balaban J connectivity index is 2.18. The number of benzene rings is 1. The van der Waals surface area contributed by atoms with Gasteiger partial charge in [-0.3, -0.25) is 0 Å². The fourth-order valence-electron chi connectivity index (χ4n) is 2.38. The van der Waals surface area contributed by atoms with Crippen LogP contribution in [0.1, 0.15) is 30.2 Å². The van der Waals surface area contributed by atoms with Gasteiger partial charge in [-0.2, -0.15) is 0 Å². The summed E-state index contributed by atoms with van der Waals surface area (Å²) in [5.74, 6) is 0.863. The first-order valence-corrected chi connectivity index (χ1v) is 8.22. The molecule has 0 radical (unpaired) electrons. The Hall–Kier alpha value is -0.870. The van der Waals surface area contributed by atoms with Gasteiger partial charge in [0.25, 0.3) is 0 Å². The smallest absolute Gasteiger partial charge is 0.159 e. The van der Waals surface area contributed by atoms with Gasteiger partial charge in [-0.25, -0.2) is 8.42 Å². The zero-order valence-corrected chi connectivity index (χ0v) is 11.8. The van der Waals surface area contributed by atoms with Crippen LogP contribution in [0.4, 0.5) is 0 Å². The van der Waals surface area contributed by atoms with Crippen LogP contribution in [0.15, 0.2) is 24.3 Å². The van der Waals surface area contributed by atoms with Crippen LogP contribution in [0.5, 0.6) is 0 Å². The Morgan fingerprint density at radius 2 is 1.94 bits per heavy atom. The number of nitrogens with one attached hydrogen (secondary N) is 1. The summed E-state index contributed by atoms with van der Waals surface area (Å²) in [4.78, 5) is 0. The molecule has 1 heterocycles. The molecule has 0 amide bonds. The molecule has 2 rings (SSSR count). The zero-order chi connectivity index (χ0) is 13.2. The van der Waals surface area contributed by atoms with E-state index in [4.69, 9.17) is 0 Å². The second-order valence-corrected chi connectivity index (χ2v) is 7.70. The van der Waals surface area contributed by atoms with E-state index in [9.17, 15) is 8.42 Å². The van der Waals surface area contributed by atoms with Crippen molar-refractivity contribution in [2.75, 3.05) is 18.8 Å². The van der Waals surface area contributed by atoms with Crippen molar-refractivity contribution in [3.63, 3.8) is 0 Å². The van der Waals surface area contributed by atoms with Crippen LogP contribution in [0.25, 0.3) is 0 Å². The summed E-state index contributed by atoms with van der Waals surface area (Å²) in [6.45, 7) is 5.48. The summed E-state index contributed by atoms with van der Waals surface area (Å²) < 4.78 is 24.0. The lowest BCUT2D eigenvalue weighted by Gasteiger charge is -2.23. The van der Waals surface area contributed by atoms with Crippen molar-refractivity contribution >= 4 is 9.84 Å². The predicted molar refractivity (Wildman–Crippen MR) is 74.4 cm³/mol. The lowest BCUT2D eigenvalue weighted by Crippen LogP contribution is -2.38. The molecular weight excluding hydrogens is 246 g/mol. The Kier molecular flexibility index (Phi) is 4.07. The van der Waals surface area contributed by atoms with Gasteiger partial charge in [0.05, 0.1) is 11.0 Å². The molecule has 18 heavy (non-hydrogen) atoms. The maximum absolute atomic E-state index is 12.0. The van der Waals surface area contributed by atoms with Crippen molar-refractivity contribution in [1.82, 2.24) is 5.32 Å². The number of hydrogen-bond donors (Lipinski definition) is 1. The minimum absolute atomic E-state index is 0.241. The van der Waals surface area contributed by atoms with Crippen LogP contribution < -0.4 is 5.32 Å². The highest BCUT2D eigenvalue weighted by Crippen LogP contribution is 2.25. The van der Waals surface area contributed by atoms with Gasteiger partial charge in [-0.1, -0.05) is 38.1 Å². The minimum atomic E-state index is -2.98. The van der Waals surface area contributed by atoms with Crippen molar-refractivity contribution < 1.29 is 8.42 Å². The molecule has 1 aliphatic heterocycles. The second-order valence-electron chi connectivity index (χ2n) is 5.40. The van der Waals surface area contributed by atoms with E-state index in [0.717, 1.165) is 12.0 Å². The molecule has 1 saturated heterocycles. The quantitative estimate of drug-likeness (QED) is 0.910. The summed E-state index contributed by atoms with van der Waals surface area (Å²) in [5.41, 5.74) is 2.18. The van der Waals surface area contributed by atoms with Crippen molar-refractivity contribution in [2.45, 2.75) is 25.5 Å². The first-order valence-electron chi connectivity index (χ1n) is 6.50. The van der Waals surface area contributed by atoms with Crippen LogP contribution in [-0.2, 0) is 16.3 Å². The van der Waals surface area contributed by atoms with Gasteiger partial charge < -0.3 is 5.32 Å². The number of hydrogen-bond acceptors (Lipinski definition) is 3. The van der Waals surface area contributed by atoms with Gasteiger partial charge in [-0.05, 0) is 23.5 Å². The van der Waals surface area contributed by atoms with E-state index in [1.54, 1.807) is 0 Å². The third-order valence-corrected chi connectivity index (χ3v) is 5.40. The lowest BCUT2D eigenvalue weighted by molar-refractivity contribution is 0.551. The van der Waals surface area contributed by atoms with Gasteiger partial charge in [0, 0.05) is 13.1 Å². The van der Waals surface area contributed by atoms with Crippen molar-refractivity contribution in [3.05, 3.63) is 35.4 Å². The molecule has 0 aromatic heterocycles. The van der Waals surface area contributed by atoms with Crippen molar-refractivity contribution in [3.8, 4) is 0 Å². The molecule has 0 saturated carbocycles. The molecule has 0 bridgehead atoms.